The summed E-state index contributed by atoms with van der Waals surface area (Å²) in [5.41, 5.74) is 5.37. The lowest BCUT2D eigenvalue weighted by Gasteiger charge is -2.41. The largest absolute Gasteiger partial charge is 0.489 e. The van der Waals surface area contributed by atoms with Crippen LogP contribution in [0, 0.1) is 12.3 Å². The number of anilines is 1. The molecule has 1 aliphatic heterocycles. The van der Waals surface area contributed by atoms with Gasteiger partial charge in [-0.2, -0.15) is 0 Å². The molecule has 2 aromatic carbocycles. The molecule has 6 nitrogen and oxygen atoms in total. The molecule has 1 aromatic heterocycles. The number of rotatable bonds is 9. The summed E-state index contributed by atoms with van der Waals surface area (Å²) in [5.74, 6) is 0.411. The average molecular weight is 559 g/mol. The summed E-state index contributed by atoms with van der Waals surface area (Å²) >= 11 is 0. The molecule has 0 N–H and O–H groups in total. The molecule has 220 valence electrons. The van der Waals surface area contributed by atoms with Crippen molar-refractivity contribution in [1.29, 1.82) is 0 Å². The minimum absolute atomic E-state index is 0.257. The monoisotopic (exact) mass is 558 g/mol. The number of hydrogen-bond donors (Lipinski definition) is 0. The van der Waals surface area contributed by atoms with Gasteiger partial charge >= 0.3 is 5.97 Å². The highest BCUT2D eigenvalue weighted by Crippen LogP contribution is 2.44. The Kier molecular flexibility index (Phi) is 9.43. The van der Waals surface area contributed by atoms with Gasteiger partial charge in [-0.15, -0.1) is 0 Å². The number of ether oxygens (including phenoxy) is 3. The first-order chi connectivity index (χ1) is 19.3. The number of pyridine rings is 1. The summed E-state index contributed by atoms with van der Waals surface area (Å²) in [6.45, 7) is 18.5. The zero-order chi connectivity index (χ0) is 29.8. The first-order valence-electron chi connectivity index (χ1n) is 14.7. The Balaban J connectivity index is 1.78. The predicted molar refractivity (Wildman–Crippen MR) is 165 cm³/mol. The molecule has 6 heteroatoms. The first-order valence-corrected chi connectivity index (χ1v) is 14.7. The highest BCUT2D eigenvalue weighted by Gasteiger charge is 2.37. The third-order valence-corrected chi connectivity index (χ3v) is 7.43. The second-order valence-corrected chi connectivity index (χ2v) is 13.1. The lowest BCUT2D eigenvalue weighted by atomic mass is 9.82. The number of carbonyl (C=O) groups is 1. The maximum absolute atomic E-state index is 13.6. The zero-order valence-electron chi connectivity index (χ0n) is 26.0. The van der Waals surface area contributed by atoms with Gasteiger partial charge in [0.25, 0.3) is 0 Å². The van der Waals surface area contributed by atoms with Gasteiger partial charge in [-0.1, -0.05) is 56.3 Å². The van der Waals surface area contributed by atoms with Crippen LogP contribution in [0.3, 0.4) is 0 Å². The molecule has 1 aliphatic rings. The predicted octanol–water partition coefficient (Wildman–Crippen LogP) is 8.07. The van der Waals surface area contributed by atoms with E-state index in [1.165, 1.54) is 0 Å². The van der Waals surface area contributed by atoms with E-state index in [-0.39, 0.29) is 17.5 Å². The quantitative estimate of drug-likeness (QED) is 0.248. The van der Waals surface area contributed by atoms with Crippen LogP contribution < -0.4 is 9.64 Å². The summed E-state index contributed by atoms with van der Waals surface area (Å²) in [7, 11) is 0. The van der Waals surface area contributed by atoms with Crippen molar-refractivity contribution in [2.45, 2.75) is 92.6 Å². The van der Waals surface area contributed by atoms with E-state index in [2.05, 4.69) is 43.0 Å². The van der Waals surface area contributed by atoms with Crippen LogP contribution in [0.25, 0.3) is 11.1 Å². The topological polar surface area (TPSA) is 60.9 Å². The van der Waals surface area contributed by atoms with Gasteiger partial charge < -0.3 is 19.1 Å². The van der Waals surface area contributed by atoms with Gasteiger partial charge in [0.15, 0.2) is 6.10 Å². The summed E-state index contributed by atoms with van der Waals surface area (Å²) in [6, 6.07) is 18.3. The van der Waals surface area contributed by atoms with Crippen LogP contribution in [0.1, 0.15) is 84.2 Å². The molecule has 2 heterocycles. The van der Waals surface area contributed by atoms with Crippen LogP contribution in [0.5, 0.6) is 5.75 Å². The zero-order valence-corrected chi connectivity index (χ0v) is 26.0. The number of benzene rings is 2. The van der Waals surface area contributed by atoms with Crippen molar-refractivity contribution in [2.75, 3.05) is 18.0 Å². The number of aromatic nitrogens is 1. The summed E-state index contributed by atoms with van der Waals surface area (Å²) in [5, 5.41) is 0. The fourth-order valence-electron chi connectivity index (χ4n) is 5.15. The fourth-order valence-corrected chi connectivity index (χ4v) is 5.15. The Morgan fingerprint density at radius 3 is 2.22 bits per heavy atom. The number of piperidine rings is 1. The van der Waals surface area contributed by atoms with Crippen LogP contribution >= 0.6 is 0 Å². The van der Waals surface area contributed by atoms with Crippen LogP contribution in [-0.4, -0.2) is 35.7 Å². The minimum Gasteiger partial charge on any atom is -0.489 e. The maximum atomic E-state index is 13.6. The lowest BCUT2D eigenvalue weighted by Crippen LogP contribution is -2.39. The third kappa shape index (κ3) is 8.10. The molecule has 3 aromatic rings. The molecule has 0 bridgehead atoms. The summed E-state index contributed by atoms with van der Waals surface area (Å²) < 4.78 is 18.3. The highest BCUT2D eigenvalue weighted by molar-refractivity contribution is 5.87. The molecule has 0 unspecified atom stereocenters. The first kappa shape index (κ1) is 30.6. The van der Waals surface area contributed by atoms with Crippen LogP contribution in [0.15, 0.2) is 60.8 Å². The van der Waals surface area contributed by atoms with E-state index in [0.717, 1.165) is 65.3 Å². The van der Waals surface area contributed by atoms with Crippen LogP contribution in [0.4, 0.5) is 5.69 Å². The van der Waals surface area contributed by atoms with Crippen molar-refractivity contribution in [3.63, 3.8) is 0 Å². The summed E-state index contributed by atoms with van der Waals surface area (Å²) in [6.07, 6.45) is 2.88. The van der Waals surface area contributed by atoms with Gasteiger partial charge in [0.2, 0.25) is 0 Å². The normalized spacial score (nSPS) is 16.0. The van der Waals surface area contributed by atoms with Crippen molar-refractivity contribution >= 4 is 11.7 Å². The number of hydrogen-bond acceptors (Lipinski definition) is 6. The SMILES string of the molecule is Cc1ncc(-c2ccc(OCc3ccccc3)cc2)c(N2CCC(C)(C)CC2)c1[C@H](OC(C)(C)C)C(=O)OC(C)C. The van der Waals surface area contributed by atoms with E-state index in [0.29, 0.717) is 6.61 Å². The molecule has 0 radical (unpaired) electrons. The number of aryl methyl sites for hydroxylation is 1. The Morgan fingerprint density at radius 1 is 1.00 bits per heavy atom. The maximum Gasteiger partial charge on any atom is 0.340 e. The van der Waals surface area contributed by atoms with Crippen molar-refractivity contribution in [3.05, 3.63) is 77.6 Å². The van der Waals surface area contributed by atoms with E-state index >= 15 is 0 Å². The molecular formula is C35H46N2O4. The van der Waals surface area contributed by atoms with E-state index in [9.17, 15) is 4.79 Å². The second-order valence-electron chi connectivity index (χ2n) is 13.1. The average Bonchev–Trinajstić information content (AvgIpc) is 2.91. The van der Waals surface area contributed by atoms with Crippen LogP contribution in [-0.2, 0) is 20.9 Å². The van der Waals surface area contributed by atoms with E-state index < -0.39 is 11.7 Å². The van der Waals surface area contributed by atoms with Crippen molar-refractivity contribution in [3.8, 4) is 16.9 Å². The van der Waals surface area contributed by atoms with E-state index in [1.54, 1.807) is 0 Å². The molecule has 0 amide bonds. The standard InChI is InChI=1S/C35H46N2O4/c1-24(2)40-33(38)32(41-34(4,5)6)30-25(3)36-22-29(31(30)37-20-18-35(7,8)19-21-37)27-14-16-28(17-15-27)39-23-26-12-10-9-11-13-26/h9-17,22,24,32H,18-21,23H2,1-8H3/t32-/m0/s1. The Labute approximate surface area is 246 Å². The van der Waals surface area contributed by atoms with Crippen molar-refractivity contribution < 1.29 is 19.0 Å². The molecule has 4 rings (SSSR count). The molecule has 1 atom stereocenters. The Hall–Kier alpha value is -3.38. The Bertz CT molecular complexity index is 1300. The van der Waals surface area contributed by atoms with Gasteiger partial charge in [0.05, 0.1) is 17.4 Å². The molecule has 0 aliphatic carbocycles. The lowest BCUT2D eigenvalue weighted by molar-refractivity contribution is -0.171. The van der Waals surface area contributed by atoms with Gasteiger partial charge in [-0.05, 0) is 83.1 Å². The van der Waals surface area contributed by atoms with Gasteiger partial charge in [-0.25, -0.2) is 4.79 Å². The molecule has 1 saturated heterocycles. The van der Waals surface area contributed by atoms with Crippen molar-refractivity contribution in [1.82, 2.24) is 4.98 Å². The third-order valence-electron chi connectivity index (χ3n) is 7.43. The van der Waals surface area contributed by atoms with E-state index in [1.807, 2.05) is 78.1 Å². The molecule has 41 heavy (non-hydrogen) atoms. The molecule has 1 fully saturated rings. The van der Waals surface area contributed by atoms with Gasteiger partial charge in [-0.3, -0.25) is 4.98 Å². The number of esters is 1. The van der Waals surface area contributed by atoms with Gasteiger partial charge in [0, 0.05) is 36.1 Å². The minimum atomic E-state index is -0.900. The molecule has 0 saturated carbocycles. The number of nitrogens with zero attached hydrogens (tertiary/aromatic N) is 2. The fraction of sp³-hybridized carbons (Fsp3) is 0.486. The number of carbonyl (C=O) groups excluding carboxylic acids is 1. The van der Waals surface area contributed by atoms with Crippen molar-refractivity contribution in [2.24, 2.45) is 5.41 Å². The highest BCUT2D eigenvalue weighted by atomic mass is 16.6. The smallest absolute Gasteiger partial charge is 0.340 e. The van der Waals surface area contributed by atoms with Crippen LogP contribution in [0.2, 0.25) is 0 Å². The molecular weight excluding hydrogens is 512 g/mol. The van der Waals surface area contributed by atoms with Gasteiger partial charge in [0.1, 0.15) is 12.4 Å². The summed E-state index contributed by atoms with van der Waals surface area (Å²) in [4.78, 5) is 20.8. The van der Waals surface area contributed by atoms with E-state index in [4.69, 9.17) is 19.2 Å². The molecule has 0 spiro atoms. The Morgan fingerprint density at radius 2 is 1.63 bits per heavy atom. The second kappa shape index (κ2) is 12.6.